The zero-order valence-corrected chi connectivity index (χ0v) is 6.56. The molecule has 0 spiro atoms. The Balaban J connectivity index is 0.000000640. The van der Waals surface area contributed by atoms with Crippen LogP contribution >= 0.6 is 0 Å². The Kier molecular flexibility index (Phi) is 3.97. The molecule has 0 saturated carbocycles. The van der Waals surface area contributed by atoms with Gasteiger partial charge in [0.1, 0.15) is 0 Å². The largest absolute Gasteiger partial charge is 1.00 e. The fourth-order valence-electron chi connectivity index (χ4n) is 0.536. The van der Waals surface area contributed by atoms with Gasteiger partial charge in [-0.1, -0.05) is 12.7 Å². The minimum absolute atomic E-state index is 0. The van der Waals surface area contributed by atoms with Crippen LogP contribution in [0.3, 0.4) is 0 Å². The van der Waals surface area contributed by atoms with Crippen LogP contribution in [-0.4, -0.2) is 0 Å². The Morgan fingerprint density at radius 2 is 1.89 bits per heavy atom. The van der Waals surface area contributed by atoms with E-state index in [1.807, 2.05) is 30.6 Å². The van der Waals surface area contributed by atoms with Crippen LogP contribution < -0.4 is 22.0 Å². The normalized spacial score (nSPS) is 7.56. The molecule has 1 rings (SSSR count). The summed E-state index contributed by atoms with van der Waals surface area (Å²) in [4.78, 5) is 2.92. The number of hydrogen-bond donors (Lipinski definition) is 0. The van der Waals surface area contributed by atoms with Gasteiger partial charge in [-0.2, -0.15) is 0 Å². The van der Waals surface area contributed by atoms with Gasteiger partial charge < -0.3 is 17.0 Å². The summed E-state index contributed by atoms with van der Waals surface area (Å²) < 4.78 is 0. The van der Waals surface area contributed by atoms with E-state index in [9.17, 15) is 0 Å². The molecule has 0 radical (unpaired) electrons. The van der Waals surface area contributed by atoms with Crippen LogP contribution in [0.25, 0.3) is 6.08 Å². The molecular formula is C7H8BrN. The Labute approximate surface area is 65.2 Å². The number of hydrogen-bond acceptors (Lipinski definition) is 0. The third-order valence-corrected chi connectivity index (χ3v) is 0.980. The number of aromatic nitrogens is 1. The van der Waals surface area contributed by atoms with Crippen LogP contribution in [0, 0.1) is 0 Å². The standard InChI is InChI=1S/C7H7N.BrH/c1-2-7-3-5-8-6-4-7;/h2-6H,1H2;1H. The maximum Gasteiger partial charge on any atom is 0.167 e. The molecule has 0 saturated heterocycles. The molecule has 0 fully saturated rings. The molecule has 0 amide bonds. The smallest absolute Gasteiger partial charge is 0.167 e. The van der Waals surface area contributed by atoms with E-state index in [-0.39, 0.29) is 17.0 Å². The van der Waals surface area contributed by atoms with Gasteiger partial charge in [0.05, 0.1) is 0 Å². The summed E-state index contributed by atoms with van der Waals surface area (Å²) in [5, 5.41) is 0. The number of nitrogens with one attached hydrogen (secondary N) is 1. The third-order valence-electron chi connectivity index (χ3n) is 0.980. The number of H-pyrrole nitrogens is 1. The van der Waals surface area contributed by atoms with Gasteiger partial charge in [-0.3, -0.25) is 0 Å². The van der Waals surface area contributed by atoms with Crippen LogP contribution in [-0.2, 0) is 0 Å². The molecule has 1 heterocycles. The molecular weight excluding hydrogens is 178 g/mol. The van der Waals surface area contributed by atoms with Crippen molar-refractivity contribution in [2.45, 2.75) is 0 Å². The van der Waals surface area contributed by atoms with Crippen molar-refractivity contribution in [3.63, 3.8) is 0 Å². The first-order chi connectivity index (χ1) is 3.93. The van der Waals surface area contributed by atoms with Crippen molar-refractivity contribution in [1.82, 2.24) is 0 Å². The summed E-state index contributed by atoms with van der Waals surface area (Å²) in [6.45, 7) is 3.62. The highest BCUT2D eigenvalue weighted by Gasteiger charge is 1.81. The van der Waals surface area contributed by atoms with Crippen molar-refractivity contribution < 1.29 is 22.0 Å². The van der Waals surface area contributed by atoms with E-state index in [4.69, 9.17) is 0 Å². The topological polar surface area (TPSA) is 14.1 Å². The fourth-order valence-corrected chi connectivity index (χ4v) is 0.536. The van der Waals surface area contributed by atoms with E-state index >= 15 is 0 Å². The Bertz CT molecular complexity index is 172. The zero-order valence-electron chi connectivity index (χ0n) is 4.97. The fraction of sp³-hybridized carbons (Fsp3) is 0. The summed E-state index contributed by atoms with van der Waals surface area (Å²) in [5.74, 6) is 0. The Morgan fingerprint density at radius 3 is 2.22 bits per heavy atom. The molecule has 48 valence electrons. The molecule has 9 heavy (non-hydrogen) atoms. The molecule has 1 aromatic rings. The van der Waals surface area contributed by atoms with E-state index in [2.05, 4.69) is 11.6 Å². The lowest BCUT2D eigenvalue weighted by molar-refractivity contribution is -0.378. The summed E-state index contributed by atoms with van der Waals surface area (Å²) >= 11 is 0. The second-order valence-electron chi connectivity index (χ2n) is 1.54. The summed E-state index contributed by atoms with van der Waals surface area (Å²) in [6.07, 6.45) is 5.56. The maximum atomic E-state index is 3.62. The molecule has 1 N–H and O–H groups in total. The van der Waals surface area contributed by atoms with Gasteiger partial charge in [-0.15, -0.1) is 0 Å². The van der Waals surface area contributed by atoms with Gasteiger partial charge >= 0.3 is 0 Å². The first-order valence-electron chi connectivity index (χ1n) is 2.52. The molecule has 0 aliphatic carbocycles. The Morgan fingerprint density at radius 1 is 1.33 bits per heavy atom. The highest BCUT2D eigenvalue weighted by molar-refractivity contribution is 5.44. The van der Waals surface area contributed by atoms with E-state index in [0.29, 0.717) is 0 Å². The van der Waals surface area contributed by atoms with Crippen LogP contribution in [0.2, 0.25) is 0 Å². The van der Waals surface area contributed by atoms with E-state index in [1.54, 1.807) is 0 Å². The van der Waals surface area contributed by atoms with Crippen molar-refractivity contribution in [2.24, 2.45) is 0 Å². The average molecular weight is 186 g/mol. The minimum atomic E-state index is 0. The van der Waals surface area contributed by atoms with Gasteiger partial charge in [0.15, 0.2) is 12.4 Å². The van der Waals surface area contributed by atoms with E-state index < -0.39 is 0 Å². The summed E-state index contributed by atoms with van der Waals surface area (Å²) in [5.41, 5.74) is 1.14. The molecule has 2 heteroatoms. The molecule has 0 aliphatic rings. The van der Waals surface area contributed by atoms with Crippen LogP contribution in [0.4, 0.5) is 0 Å². The molecule has 0 aromatic carbocycles. The maximum absolute atomic E-state index is 3.62. The quantitative estimate of drug-likeness (QED) is 0.488. The molecule has 0 unspecified atom stereocenters. The lowest BCUT2D eigenvalue weighted by Crippen LogP contribution is -3.00. The van der Waals surface area contributed by atoms with Crippen LogP contribution in [0.5, 0.6) is 0 Å². The van der Waals surface area contributed by atoms with Gasteiger partial charge in [0, 0.05) is 12.1 Å². The van der Waals surface area contributed by atoms with Crippen molar-refractivity contribution in [1.29, 1.82) is 0 Å². The third kappa shape index (κ3) is 2.42. The lowest BCUT2D eigenvalue weighted by Gasteiger charge is -1.80. The predicted molar refractivity (Wildman–Crippen MR) is 33.1 cm³/mol. The Hall–Kier alpha value is -0.630. The molecule has 1 nitrogen and oxygen atoms in total. The lowest BCUT2D eigenvalue weighted by atomic mass is 10.3. The van der Waals surface area contributed by atoms with Gasteiger partial charge in [-0.05, 0) is 5.56 Å². The monoisotopic (exact) mass is 185 g/mol. The molecule has 0 aliphatic heterocycles. The van der Waals surface area contributed by atoms with Crippen LogP contribution in [0.1, 0.15) is 5.56 Å². The second kappa shape index (κ2) is 4.27. The minimum Gasteiger partial charge on any atom is -1.00 e. The first kappa shape index (κ1) is 8.37. The number of aromatic amines is 1. The van der Waals surface area contributed by atoms with E-state index in [0.717, 1.165) is 5.56 Å². The summed E-state index contributed by atoms with van der Waals surface area (Å²) in [7, 11) is 0. The molecule has 0 atom stereocenters. The highest BCUT2D eigenvalue weighted by atomic mass is 79.9. The molecule has 0 bridgehead atoms. The van der Waals surface area contributed by atoms with Gasteiger partial charge in [0.2, 0.25) is 0 Å². The van der Waals surface area contributed by atoms with Crippen molar-refractivity contribution in [3.05, 3.63) is 36.7 Å². The number of halogens is 1. The number of pyridine rings is 1. The van der Waals surface area contributed by atoms with Gasteiger partial charge in [0.25, 0.3) is 0 Å². The van der Waals surface area contributed by atoms with Crippen LogP contribution in [0.15, 0.2) is 31.1 Å². The zero-order chi connectivity index (χ0) is 5.82. The predicted octanol–water partition coefficient (Wildman–Crippen LogP) is -1.85. The highest BCUT2D eigenvalue weighted by Crippen LogP contribution is 1.93. The average Bonchev–Trinajstić information content (AvgIpc) is 1.90. The van der Waals surface area contributed by atoms with Gasteiger partial charge in [-0.25, -0.2) is 4.98 Å². The number of rotatable bonds is 1. The second-order valence-corrected chi connectivity index (χ2v) is 1.54. The van der Waals surface area contributed by atoms with Crippen molar-refractivity contribution in [3.8, 4) is 0 Å². The summed E-state index contributed by atoms with van der Waals surface area (Å²) in [6, 6.07) is 3.93. The van der Waals surface area contributed by atoms with E-state index in [1.165, 1.54) is 0 Å². The van der Waals surface area contributed by atoms with Crippen molar-refractivity contribution >= 4 is 6.08 Å². The first-order valence-corrected chi connectivity index (χ1v) is 2.52. The molecule has 1 aromatic heterocycles. The van der Waals surface area contributed by atoms with Crippen molar-refractivity contribution in [2.75, 3.05) is 0 Å². The SMILES string of the molecule is C=Cc1cc[nH+]cc1.[Br-].